The summed E-state index contributed by atoms with van der Waals surface area (Å²) in [5.74, 6) is -1.36. The van der Waals surface area contributed by atoms with Gasteiger partial charge in [0, 0.05) is 13.5 Å². The van der Waals surface area contributed by atoms with E-state index in [0.29, 0.717) is 5.56 Å². The average Bonchev–Trinajstić information content (AvgIpc) is 2.44. The number of likely N-dealkylation sites (tertiary alicyclic amines) is 1. The molecule has 4 heteroatoms. The van der Waals surface area contributed by atoms with E-state index in [2.05, 4.69) is 0 Å². The van der Waals surface area contributed by atoms with Crippen LogP contribution in [0.15, 0.2) is 18.2 Å². The quantitative estimate of drug-likeness (QED) is 0.675. The highest BCUT2D eigenvalue weighted by molar-refractivity contribution is 6.05. The normalized spacial score (nSPS) is 20.7. The lowest BCUT2D eigenvalue weighted by molar-refractivity contribution is -0.137. The van der Waals surface area contributed by atoms with E-state index < -0.39 is 5.92 Å². The minimum Gasteiger partial charge on any atom is -0.285 e. The summed E-state index contributed by atoms with van der Waals surface area (Å²) in [6, 6.07) is 4.47. The second kappa shape index (κ2) is 3.70. The van der Waals surface area contributed by atoms with Crippen LogP contribution < -0.4 is 0 Å². The predicted octanol–water partition coefficient (Wildman–Crippen LogP) is 1.61. The molecule has 0 saturated carbocycles. The van der Waals surface area contributed by atoms with E-state index in [-0.39, 0.29) is 24.1 Å². The number of hydrogen-bond donors (Lipinski definition) is 0. The van der Waals surface area contributed by atoms with Crippen LogP contribution in [0.5, 0.6) is 0 Å². The average molecular weight is 221 g/mol. The third kappa shape index (κ3) is 1.71. The van der Waals surface area contributed by atoms with Gasteiger partial charge in [0.05, 0.1) is 5.92 Å². The second-order valence-corrected chi connectivity index (χ2v) is 4.11. The summed E-state index contributed by atoms with van der Waals surface area (Å²) in [4.78, 5) is 24.2. The molecular weight excluding hydrogens is 209 g/mol. The van der Waals surface area contributed by atoms with Crippen LogP contribution in [0.4, 0.5) is 4.39 Å². The second-order valence-electron chi connectivity index (χ2n) is 4.11. The number of aryl methyl sites for hydroxylation is 1. The molecule has 1 aromatic rings. The fourth-order valence-corrected chi connectivity index (χ4v) is 1.98. The van der Waals surface area contributed by atoms with Gasteiger partial charge in [0.25, 0.3) is 0 Å². The van der Waals surface area contributed by atoms with Crippen LogP contribution in [-0.2, 0) is 9.59 Å². The van der Waals surface area contributed by atoms with E-state index in [1.165, 1.54) is 19.2 Å². The Morgan fingerprint density at radius 1 is 1.31 bits per heavy atom. The van der Waals surface area contributed by atoms with Crippen molar-refractivity contribution in [3.05, 3.63) is 35.1 Å². The van der Waals surface area contributed by atoms with Crippen molar-refractivity contribution < 1.29 is 14.0 Å². The zero-order chi connectivity index (χ0) is 11.9. The molecule has 0 spiro atoms. The first-order chi connectivity index (χ1) is 7.49. The predicted molar refractivity (Wildman–Crippen MR) is 56.3 cm³/mol. The van der Waals surface area contributed by atoms with Gasteiger partial charge in [-0.1, -0.05) is 6.07 Å². The van der Waals surface area contributed by atoms with Crippen LogP contribution in [0.3, 0.4) is 0 Å². The number of hydrogen-bond acceptors (Lipinski definition) is 2. The lowest BCUT2D eigenvalue weighted by atomic mass is 9.96. The molecule has 0 bridgehead atoms. The molecule has 1 aliphatic rings. The third-order valence-corrected chi connectivity index (χ3v) is 2.85. The van der Waals surface area contributed by atoms with Crippen LogP contribution in [0.1, 0.15) is 23.5 Å². The van der Waals surface area contributed by atoms with Crippen molar-refractivity contribution in [3.63, 3.8) is 0 Å². The van der Waals surface area contributed by atoms with Gasteiger partial charge in [0.1, 0.15) is 5.82 Å². The van der Waals surface area contributed by atoms with Crippen LogP contribution in [-0.4, -0.2) is 23.8 Å². The molecule has 1 fully saturated rings. The summed E-state index contributed by atoms with van der Waals surface area (Å²) >= 11 is 0. The zero-order valence-corrected chi connectivity index (χ0v) is 9.16. The van der Waals surface area contributed by atoms with Gasteiger partial charge in [0.2, 0.25) is 11.8 Å². The third-order valence-electron chi connectivity index (χ3n) is 2.85. The van der Waals surface area contributed by atoms with Gasteiger partial charge in [-0.3, -0.25) is 14.5 Å². The fourth-order valence-electron chi connectivity index (χ4n) is 1.98. The summed E-state index contributed by atoms with van der Waals surface area (Å²) in [5.41, 5.74) is 1.34. The number of likely N-dealkylation sites (N-methyl/N-ethyl adjacent to an activating group) is 1. The molecule has 0 N–H and O–H groups in total. The van der Waals surface area contributed by atoms with Crippen molar-refractivity contribution >= 4 is 11.8 Å². The van der Waals surface area contributed by atoms with Gasteiger partial charge in [-0.15, -0.1) is 0 Å². The molecule has 0 radical (unpaired) electrons. The minimum atomic E-state index is -0.521. The number of amides is 2. The molecule has 84 valence electrons. The number of rotatable bonds is 1. The molecular formula is C12H12FNO2. The van der Waals surface area contributed by atoms with Crippen molar-refractivity contribution in [2.45, 2.75) is 19.3 Å². The molecule has 1 aromatic carbocycles. The van der Waals surface area contributed by atoms with Gasteiger partial charge >= 0.3 is 0 Å². The highest BCUT2D eigenvalue weighted by Gasteiger charge is 2.37. The lowest BCUT2D eigenvalue weighted by Gasteiger charge is -2.09. The summed E-state index contributed by atoms with van der Waals surface area (Å²) in [5, 5.41) is 0. The SMILES string of the molecule is Cc1cc(F)cc(C2CC(=O)N(C)C2=O)c1. The standard InChI is InChI=1S/C12H12FNO2/c1-7-3-8(5-9(13)4-7)10-6-11(15)14(2)12(10)16/h3-5,10H,6H2,1-2H3. The van der Waals surface area contributed by atoms with E-state index in [4.69, 9.17) is 0 Å². The van der Waals surface area contributed by atoms with Crippen molar-refractivity contribution in [2.24, 2.45) is 0 Å². The molecule has 1 saturated heterocycles. The van der Waals surface area contributed by atoms with Crippen molar-refractivity contribution in [1.29, 1.82) is 0 Å². The van der Waals surface area contributed by atoms with Gasteiger partial charge in [-0.2, -0.15) is 0 Å². The first-order valence-corrected chi connectivity index (χ1v) is 5.06. The van der Waals surface area contributed by atoms with Gasteiger partial charge in [-0.05, 0) is 30.2 Å². The van der Waals surface area contributed by atoms with Gasteiger partial charge in [0.15, 0.2) is 0 Å². The maximum absolute atomic E-state index is 13.2. The molecule has 3 nitrogen and oxygen atoms in total. The van der Waals surface area contributed by atoms with Crippen molar-refractivity contribution in [2.75, 3.05) is 7.05 Å². The Hall–Kier alpha value is -1.71. The zero-order valence-electron chi connectivity index (χ0n) is 9.16. The van der Waals surface area contributed by atoms with Crippen LogP contribution in [0.2, 0.25) is 0 Å². The van der Waals surface area contributed by atoms with E-state index in [9.17, 15) is 14.0 Å². The molecule has 1 atom stereocenters. The number of halogens is 1. The Labute approximate surface area is 92.9 Å². The van der Waals surface area contributed by atoms with E-state index >= 15 is 0 Å². The largest absolute Gasteiger partial charge is 0.285 e. The maximum Gasteiger partial charge on any atom is 0.236 e. The Morgan fingerprint density at radius 3 is 2.50 bits per heavy atom. The Kier molecular flexibility index (Phi) is 2.50. The molecule has 2 amide bonds. The minimum absolute atomic E-state index is 0.137. The first-order valence-electron chi connectivity index (χ1n) is 5.06. The van der Waals surface area contributed by atoms with E-state index in [1.54, 1.807) is 13.0 Å². The molecule has 2 rings (SSSR count). The Morgan fingerprint density at radius 2 is 2.00 bits per heavy atom. The molecule has 1 unspecified atom stereocenters. The van der Waals surface area contributed by atoms with Gasteiger partial charge in [-0.25, -0.2) is 4.39 Å². The topological polar surface area (TPSA) is 37.4 Å². The summed E-state index contributed by atoms with van der Waals surface area (Å²) < 4.78 is 13.2. The van der Waals surface area contributed by atoms with Crippen molar-refractivity contribution in [3.8, 4) is 0 Å². The summed E-state index contributed by atoms with van der Waals surface area (Å²) in [6.07, 6.45) is 0.137. The number of benzene rings is 1. The number of carbonyl (C=O) groups excluding carboxylic acids is 2. The smallest absolute Gasteiger partial charge is 0.236 e. The number of nitrogens with zero attached hydrogens (tertiary/aromatic N) is 1. The van der Waals surface area contributed by atoms with Crippen LogP contribution >= 0.6 is 0 Å². The molecule has 16 heavy (non-hydrogen) atoms. The lowest BCUT2D eigenvalue weighted by Crippen LogP contribution is -2.25. The fraction of sp³-hybridized carbons (Fsp3) is 0.333. The molecule has 0 aliphatic carbocycles. The van der Waals surface area contributed by atoms with Crippen molar-refractivity contribution in [1.82, 2.24) is 4.90 Å². The summed E-state index contributed by atoms with van der Waals surface area (Å²) in [6.45, 7) is 1.76. The highest BCUT2D eigenvalue weighted by atomic mass is 19.1. The maximum atomic E-state index is 13.2. The number of carbonyl (C=O) groups is 2. The number of imide groups is 1. The molecule has 1 aliphatic heterocycles. The van der Waals surface area contributed by atoms with Gasteiger partial charge < -0.3 is 0 Å². The van der Waals surface area contributed by atoms with Crippen LogP contribution in [0.25, 0.3) is 0 Å². The highest BCUT2D eigenvalue weighted by Crippen LogP contribution is 2.29. The van der Waals surface area contributed by atoms with Crippen LogP contribution in [0, 0.1) is 12.7 Å². The van der Waals surface area contributed by atoms with E-state index in [0.717, 1.165) is 10.5 Å². The molecule has 1 heterocycles. The van der Waals surface area contributed by atoms with E-state index in [1.807, 2.05) is 0 Å². The summed E-state index contributed by atoms with van der Waals surface area (Å²) in [7, 11) is 1.46. The monoisotopic (exact) mass is 221 g/mol. The first kappa shape index (κ1) is 10.8. The molecule has 0 aromatic heterocycles. The Balaban J connectivity index is 2.38. The Bertz CT molecular complexity index is 450.